The van der Waals surface area contributed by atoms with Crippen LogP contribution in [0.5, 0.6) is 5.75 Å². The molecule has 0 fully saturated rings. The zero-order chi connectivity index (χ0) is 19.2. The van der Waals surface area contributed by atoms with E-state index in [1.165, 1.54) is 6.92 Å². The SMILES string of the molecule is CCS(=O)(=O)Oc1cccc(CN(C(=O)Nc2ccccc2)C(C)C)c1. The molecule has 0 radical (unpaired) electrons. The lowest BCUT2D eigenvalue weighted by molar-refractivity contribution is 0.193. The fraction of sp³-hybridized carbons (Fsp3) is 0.316. The molecule has 2 amide bonds. The molecule has 0 spiro atoms. The van der Waals surface area contributed by atoms with E-state index < -0.39 is 10.1 Å². The zero-order valence-electron chi connectivity index (χ0n) is 15.2. The number of nitrogens with zero attached hydrogens (tertiary/aromatic N) is 1. The van der Waals surface area contributed by atoms with E-state index in [9.17, 15) is 13.2 Å². The largest absolute Gasteiger partial charge is 0.382 e. The molecule has 2 aromatic carbocycles. The fourth-order valence-electron chi connectivity index (χ4n) is 2.30. The molecular weight excluding hydrogens is 352 g/mol. The average molecular weight is 376 g/mol. The van der Waals surface area contributed by atoms with Gasteiger partial charge >= 0.3 is 16.1 Å². The van der Waals surface area contributed by atoms with Gasteiger partial charge < -0.3 is 14.4 Å². The quantitative estimate of drug-likeness (QED) is 0.745. The van der Waals surface area contributed by atoms with Crippen molar-refractivity contribution in [2.24, 2.45) is 0 Å². The van der Waals surface area contributed by atoms with Gasteiger partial charge in [0.05, 0.1) is 5.75 Å². The Morgan fingerprint density at radius 1 is 1.12 bits per heavy atom. The van der Waals surface area contributed by atoms with E-state index in [-0.39, 0.29) is 23.6 Å². The minimum atomic E-state index is -3.58. The second-order valence-electron chi connectivity index (χ2n) is 6.09. The first kappa shape index (κ1) is 19.8. The molecule has 1 N–H and O–H groups in total. The second-order valence-corrected chi connectivity index (χ2v) is 7.95. The standard InChI is InChI=1S/C19H24N2O4S/c1-4-26(23,24)25-18-12-8-9-16(13-18)14-21(15(2)3)19(22)20-17-10-6-5-7-11-17/h5-13,15H,4,14H2,1-3H3,(H,20,22). The van der Waals surface area contributed by atoms with E-state index in [0.717, 1.165) is 5.56 Å². The van der Waals surface area contributed by atoms with Crippen molar-refractivity contribution in [1.82, 2.24) is 4.90 Å². The van der Waals surface area contributed by atoms with Crippen LogP contribution in [0.2, 0.25) is 0 Å². The van der Waals surface area contributed by atoms with Gasteiger partial charge in [0.25, 0.3) is 0 Å². The Hall–Kier alpha value is -2.54. The van der Waals surface area contributed by atoms with Gasteiger partial charge in [-0.05, 0) is 50.6 Å². The van der Waals surface area contributed by atoms with Crippen molar-refractivity contribution in [2.75, 3.05) is 11.1 Å². The van der Waals surface area contributed by atoms with Crippen molar-refractivity contribution < 1.29 is 17.4 Å². The van der Waals surface area contributed by atoms with Gasteiger partial charge in [-0.25, -0.2) is 4.79 Å². The van der Waals surface area contributed by atoms with E-state index >= 15 is 0 Å². The van der Waals surface area contributed by atoms with Crippen LogP contribution in [-0.2, 0) is 16.7 Å². The lowest BCUT2D eigenvalue weighted by Gasteiger charge is -2.27. The summed E-state index contributed by atoms with van der Waals surface area (Å²) in [7, 11) is -3.58. The Morgan fingerprint density at radius 3 is 2.42 bits per heavy atom. The number of amides is 2. The van der Waals surface area contributed by atoms with Gasteiger partial charge in [-0.2, -0.15) is 8.42 Å². The summed E-state index contributed by atoms with van der Waals surface area (Å²) >= 11 is 0. The maximum atomic E-state index is 12.6. The van der Waals surface area contributed by atoms with Crippen LogP contribution in [0.1, 0.15) is 26.3 Å². The first-order chi connectivity index (χ1) is 12.3. The topological polar surface area (TPSA) is 75.7 Å². The highest BCUT2D eigenvalue weighted by Crippen LogP contribution is 2.19. The molecule has 2 aromatic rings. The van der Waals surface area contributed by atoms with Crippen LogP contribution < -0.4 is 9.50 Å². The van der Waals surface area contributed by atoms with Crippen LogP contribution in [0.15, 0.2) is 54.6 Å². The van der Waals surface area contributed by atoms with Crippen molar-refractivity contribution in [2.45, 2.75) is 33.4 Å². The smallest absolute Gasteiger partial charge is 0.322 e. The van der Waals surface area contributed by atoms with E-state index in [2.05, 4.69) is 5.32 Å². The molecule has 6 nitrogen and oxygen atoms in total. The Labute approximate surface area is 154 Å². The first-order valence-electron chi connectivity index (χ1n) is 8.44. The van der Waals surface area contributed by atoms with E-state index in [1.54, 1.807) is 23.1 Å². The molecule has 0 aliphatic rings. The highest BCUT2D eigenvalue weighted by atomic mass is 32.2. The van der Waals surface area contributed by atoms with Crippen molar-refractivity contribution >= 4 is 21.8 Å². The number of rotatable bonds is 7. The number of carbonyl (C=O) groups is 1. The van der Waals surface area contributed by atoms with Gasteiger partial charge in [-0.1, -0.05) is 30.3 Å². The maximum Gasteiger partial charge on any atom is 0.322 e. The molecule has 0 bridgehead atoms. The minimum Gasteiger partial charge on any atom is -0.382 e. The Kier molecular flexibility index (Phi) is 6.63. The number of carbonyl (C=O) groups excluding carboxylic acids is 1. The molecule has 0 saturated heterocycles. The third-order valence-electron chi connectivity index (χ3n) is 3.74. The zero-order valence-corrected chi connectivity index (χ0v) is 16.0. The summed E-state index contributed by atoms with van der Waals surface area (Å²) in [5.41, 5.74) is 1.50. The lowest BCUT2D eigenvalue weighted by Crippen LogP contribution is -2.39. The molecule has 0 aliphatic heterocycles. The second kappa shape index (κ2) is 8.71. The first-order valence-corrected chi connectivity index (χ1v) is 10.0. The number of hydrogen-bond acceptors (Lipinski definition) is 4. The van der Waals surface area contributed by atoms with Crippen molar-refractivity contribution in [3.05, 3.63) is 60.2 Å². The lowest BCUT2D eigenvalue weighted by atomic mass is 10.2. The summed E-state index contributed by atoms with van der Waals surface area (Å²) in [6.07, 6.45) is 0. The highest BCUT2D eigenvalue weighted by Gasteiger charge is 2.18. The predicted octanol–water partition coefficient (Wildman–Crippen LogP) is 3.86. The minimum absolute atomic E-state index is 0.0392. The predicted molar refractivity (Wildman–Crippen MR) is 103 cm³/mol. The third kappa shape index (κ3) is 5.77. The maximum absolute atomic E-state index is 12.6. The number of benzene rings is 2. The van der Waals surface area contributed by atoms with Gasteiger partial charge in [0, 0.05) is 18.3 Å². The highest BCUT2D eigenvalue weighted by molar-refractivity contribution is 7.87. The molecule has 0 atom stereocenters. The fourth-order valence-corrected chi connectivity index (χ4v) is 2.82. The number of para-hydroxylation sites is 1. The average Bonchev–Trinajstić information content (AvgIpc) is 2.60. The van der Waals surface area contributed by atoms with Gasteiger partial charge in [-0.3, -0.25) is 0 Å². The molecule has 0 unspecified atom stereocenters. The summed E-state index contributed by atoms with van der Waals surface area (Å²) in [6.45, 7) is 5.70. The number of hydrogen-bond donors (Lipinski definition) is 1. The molecule has 0 heterocycles. The van der Waals surface area contributed by atoms with Gasteiger partial charge in [-0.15, -0.1) is 0 Å². The summed E-state index contributed by atoms with van der Waals surface area (Å²) in [6, 6.07) is 15.7. The molecule has 26 heavy (non-hydrogen) atoms. The van der Waals surface area contributed by atoms with Crippen molar-refractivity contribution in [3.8, 4) is 5.75 Å². The molecule has 0 saturated carbocycles. The summed E-state index contributed by atoms with van der Waals surface area (Å²) in [5.74, 6) is 0.144. The normalized spacial score (nSPS) is 11.2. The molecule has 0 aromatic heterocycles. The van der Waals surface area contributed by atoms with Gasteiger partial charge in [0.1, 0.15) is 5.75 Å². The summed E-state index contributed by atoms with van der Waals surface area (Å²) in [5, 5.41) is 2.87. The van der Waals surface area contributed by atoms with Crippen LogP contribution in [0.25, 0.3) is 0 Å². The van der Waals surface area contributed by atoms with Crippen LogP contribution in [-0.4, -0.2) is 31.1 Å². The molecule has 140 valence electrons. The van der Waals surface area contributed by atoms with Gasteiger partial charge in [0.15, 0.2) is 0 Å². The van der Waals surface area contributed by atoms with Crippen LogP contribution in [0.4, 0.5) is 10.5 Å². The summed E-state index contributed by atoms with van der Waals surface area (Å²) in [4.78, 5) is 14.3. The number of anilines is 1. The van der Waals surface area contributed by atoms with E-state index in [4.69, 9.17) is 4.18 Å². The molecule has 7 heteroatoms. The van der Waals surface area contributed by atoms with Crippen LogP contribution in [0, 0.1) is 0 Å². The Bertz CT molecular complexity index is 836. The van der Waals surface area contributed by atoms with Gasteiger partial charge in [0.2, 0.25) is 0 Å². The van der Waals surface area contributed by atoms with Crippen LogP contribution >= 0.6 is 0 Å². The molecular formula is C19H24N2O4S. The monoisotopic (exact) mass is 376 g/mol. The number of urea groups is 1. The molecule has 0 aliphatic carbocycles. The Morgan fingerprint density at radius 2 is 1.81 bits per heavy atom. The third-order valence-corrected chi connectivity index (χ3v) is 4.89. The Balaban J connectivity index is 2.13. The number of nitrogens with one attached hydrogen (secondary N) is 1. The van der Waals surface area contributed by atoms with Crippen molar-refractivity contribution in [3.63, 3.8) is 0 Å². The summed E-state index contributed by atoms with van der Waals surface area (Å²) < 4.78 is 28.3. The van der Waals surface area contributed by atoms with Crippen molar-refractivity contribution in [1.29, 1.82) is 0 Å². The van der Waals surface area contributed by atoms with E-state index in [0.29, 0.717) is 12.2 Å². The molecule has 2 rings (SSSR count). The van der Waals surface area contributed by atoms with E-state index in [1.807, 2.05) is 50.2 Å². The van der Waals surface area contributed by atoms with Crippen LogP contribution in [0.3, 0.4) is 0 Å².